The second-order valence-electron chi connectivity index (χ2n) is 8.95. The second kappa shape index (κ2) is 10.7. The van der Waals surface area contributed by atoms with Crippen LogP contribution in [0.15, 0.2) is 28.7 Å². The van der Waals surface area contributed by atoms with E-state index >= 15 is 0 Å². The van der Waals surface area contributed by atoms with Crippen molar-refractivity contribution in [1.29, 1.82) is 0 Å². The smallest absolute Gasteiger partial charge is 0.0720 e. The van der Waals surface area contributed by atoms with Crippen LogP contribution in [0.3, 0.4) is 0 Å². The van der Waals surface area contributed by atoms with Gasteiger partial charge in [0.25, 0.3) is 0 Å². The summed E-state index contributed by atoms with van der Waals surface area (Å²) >= 11 is 3.50. The maximum atomic E-state index is 6.47. The molecule has 25 heavy (non-hydrogen) atoms. The van der Waals surface area contributed by atoms with Crippen molar-refractivity contribution in [2.24, 2.45) is 10.8 Å². The summed E-state index contributed by atoms with van der Waals surface area (Å²) in [7, 11) is 0. The lowest BCUT2D eigenvalue weighted by molar-refractivity contribution is -0.0879. The van der Waals surface area contributed by atoms with E-state index in [1.54, 1.807) is 0 Å². The third kappa shape index (κ3) is 7.83. The standard InChI is InChI=1S/C23H39BrO/c1-7-8-9-10-11-12-13-21(23(5,6)22(2,3)4)25-18-19-14-16-20(24)17-15-19/h14-17,21H,7-13,18H2,1-6H3. The zero-order valence-corrected chi connectivity index (χ0v) is 18.9. The first-order chi connectivity index (χ1) is 11.7. The summed E-state index contributed by atoms with van der Waals surface area (Å²) in [6, 6.07) is 8.48. The zero-order chi connectivity index (χ0) is 18.9. The Morgan fingerprint density at radius 1 is 0.880 bits per heavy atom. The van der Waals surface area contributed by atoms with E-state index in [0.29, 0.717) is 12.7 Å². The van der Waals surface area contributed by atoms with Gasteiger partial charge in [0.05, 0.1) is 12.7 Å². The van der Waals surface area contributed by atoms with Gasteiger partial charge in [-0.1, -0.05) is 108 Å². The van der Waals surface area contributed by atoms with E-state index in [2.05, 4.69) is 81.7 Å². The normalized spacial score (nSPS) is 13.9. The molecule has 0 fully saturated rings. The molecule has 0 aliphatic rings. The van der Waals surface area contributed by atoms with Gasteiger partial charge < -0.3 is 4.74 Å². The average molecular weight is 411 g/mol. The summed E-state index contributed by atoms with van der Waals surface area (Å²) in [5.41, 5.74) is 1.62. The molecule has 0 heterocycles. The first kappa shape index (κ1) is 22.7. The van der Waals surface area contributed by atoms with Gasteiger partial charge in [0, 0.05) is 4.47 Å². The molecule has 1 aromatic carbocycles. The molecule has 1 nitrogen and oxygen atoms in total. The highest BCUT2D eigenvalue weighted by atomic mass is 79.9. The van der Waals surface area contributed by atoms with Crippen LogP contribution in [0.4, 0.5) is 0 Å². The largest absolute Gasteiger partial charge is 0.373 e. The zero-order valence-electron chi connectivity index (χ0n) is 17.3. The third-order valence-corrected chi connectivity index (χ3v) is 6.45. The number of halogens is 1. The number of hydrogen-bond acceptors (Lipinski definition) is 1. The van der Waals surface area contributed by atoms with Gasteiger partial charge in [0.1, 0.15) is 0 Å². The van der Waals surface area contributed by atoms with Crippen molar-refractivity contribution >= 4 is 15.9 Å². The van der Waals surface area contributed by atoms with E-state index in [1.807, 2.05) is 0 Å². The van der Waals surface area contributed by atoms with Crippen molar-refractivity contribution in [2.45, 2.75) is 99.2 Å². The molecule has 0 aliphatic heterocycles. The molecule has 0 bridgehead atoms. The molecule has 1 atom stereocenters. The van der Waals surface area contributed by atoms with E-state index in [9.17, 15) is 0 Å². The lowest BCUT2D eigenvalue weighted by Crippen LogP contribution is -2.42. The van der Waals surface area contributed by atoms with Gasteiger partial charge in [-0.3, -0.25) is 0 Å². The fraction of sp³-hybridized carbons (Fsp3) is 0.739. The molecule has 0 saturated heterocycles. The second-order valence-corrected chi connectivity index (χ2v) is 9.87. The lowest BCUT2D eigenvalue weighted by atomic mass is 9.65. The fourth-order valence-electron chi connectivity index (χ4n) is 3.02. The van der Waals surface area contributed by atoms with E-state index in [0.717, 1.165) is 10.9 Å². The van der Waals surface area contributed by atoms with Gasteiger partial charge >= 0.3 is 0 Å². The maximum absolute atomic E-state index is 6.47. The number of unbranched alkanes of at least 4 members (excludes halogenated alkanes) is 5. The van der Waals surface area contributed by atoms with Crippen LogP contribution < -0.4 is 0 Å². The average Bonchev–Trinajstić information content (AvgIpc) is 2.53. The summed E-state index contributed by atoms with van der Waals surface area (Å²) < 4.78 is 7.59. The number of rotatable bonds is 11. The minimum Gasteiger partial charge on any atom is -0.373 e. The van der Waals surface area contributed by atoms with Crippen LogP contribution in [0.5, 0.6) is 0 Å². The van der Waals surface area contributed by atoms with Crippen molar-refractivity contribution in [2.75, 3.05) is 0 Å². The van der Waals surface area contributed by atoms with Crippen molar-refractivity contribution in [3.05, 3.63) is 34.3 Å². The van der Waals surface area contributed by atoms with Gasteiger partial charge in [-0.05, 0) is 34.9 Å². The van der Waals surface area contributed by atoms with Crippen LogP contribution in [0.1, 0.15) is 92.1 Å². The number of benzene rings is 1. The van der Waals surface area contributed by atoms with Gasteiger partial charge in [-0.2, -0.15) is 0 Å². The van der Waals surface area contributed by atoms with Gasteiger partial charge in [-0.15, -0.1) is 0 Å². The molecule has 0 saturated carbocycles. The molecular formula is C23H39BrO. The van der Waals surface area contributed by atoms with Crippen molar-refractivity contribution in [1.82, 2.24) is 0 Å². The predicted octanol–water partition coefficient (Wildman–Crippen LogP) is 8.16. The van der Waals surface area contributed by atoms with Crippen LogP contribution >= 0.6 is 15.9 Å². The lowest BCUT2D eigenvalue weighted by Gasteiger charge is -2.45. The molecule has 0 amide bonds. The maximum Gasteiger partial charge on any atom is 0.0720 e. The number of ether oxygens (including phenoxy) is 1. The summed E-state index contributed by atoms with van der Waals surface area (Å²) in [6.45, 7) is 14.7. The first-order valence-corrected chi connectivity index (χ1v) is 10.8. The Bertz CT molecular complexity index is 470. The Balaban J connectivity index is 2.62. The van der Waals surface area contributed by atoms with Gasteiger partial charge in [-0.25, -0.2) is 0 Å². The molecule has 0 aromatic heterocycles. The Hall–Kier alpha value is -0.340. The minimum absolute atomic E-state index is 0.145. The van der Waals surface area contributed by atoms with E-state index in [1.165, 1.54) is 44.1 Å². The Kier molecular flexibility index (Phi) is 9.74. The molecule has 0 radical (unpaired) electrons. The fourth-order valence-corrected chi connectivity index (χ4v) is 3.29. The van der Waals surface area contributed by atoms with Crippen LogP contribution in [0.25, 0.3) is 0 Å². The SMILES string of the molecule is CCCCCCCCC(OCc1ccc(Br)cc1)C(C)(C)C(C)(C)C. The van der Waals surface area contributed by atoms with E-state index in [-0.39, 0.29) is 10.8 Å². The molecule has 2 heteroatoms. The summed E-state index contributed by atoms with van der Waals surface area (Å²) in [6.07, 6.45) is 9.49. The highest BCUT2D eigenvalue weighted by Gasteiger charge is 2.40. The molecule has 0 N–H and O–H groups in total. The van der Waals surface area contributed by atoms with Crippen molar-refractivity contribution < 1.29 is 4.74 Å². The van der Waals surface area contributed by atoms with Gasteiger partial charge in [0.15, 0.2) is 0 Å². The van der Waals surface area contributed by atoms with Gasteiger partial charge in [0.2, 0.25) is 0 Å². The van der Waals surface area contributed by atoms with Crippen LogP contribution in [-0.4, -0.2) is 6.10 Å². The Morgan fingerprint density at radius 3 is 2.00 bits per heavy atom. The van der Waals surface area contributed by atoms with E-state index < -0.39 is 0 Å². The van der Waals surface area contributed by atoms with Crippen LogP contribution in [-0.2, 0) is 11.3 Å². The molecular weight excluding hydrogens is 372 g/mol. The summed E-state index contributed by atoms with van der Waals surface area (Å²) in [4.78, 5) is 0. The molecule has 1 rings (SSSR count). The molecule has 0 spiro atoms. The number of hydrogen-bond donors (Lipinski definition) is 0. The predicted molar refractivity (Wildman–Crippen MR) is 114 cm³/mol. The summed E-state index contributed by atoms with van der Waals surface area (Å²) in [5.74, 6) is 0. The third-order valence-electron chi connectivity index (χ3n) is 5.92. The van der Waals surface area contributed by atoms with E-state index in [4.69, 9.17) is 4.74 Å². The van der Waals surface area contributed by atoms with Crippen LogP contribution in [0, 0.1) is 10.8 Å². The first-order valence-electron chi connectivity index (χ1n) is 10.0. The summed E-state index contributed by atoms with van der Waals surface area (Å²) in [5, 5.41) is 0. The molecule has 1 unspecified atom stereocenters. The minimum atomic E-state index is 0.145. The quantitative estimate of drug-likeness (QED) is 0.334. The molecule has 144 valence electrons. The topological polar surface area (TPSA) is 9.23 Å². The molecule has 0 aliphatic carbocycles. The van der Waals surface area contributed by atoms with Crippen molar-refractivity contribution in [3.8, 4) is 0 Å². The molecule has 1 aromatic rings. The highest BCUT2D eigenvalue weighted by molar-refractivity contribution is 9.10. The van der Waals surface area contributed by atoms with Crippen LogP contribution in [0.2, 0.25) is 0 Å². The Labute approximate surface area is 165 Å². The highest BCUT2D eigenvalue weighted by Crippen LogP contribution is 2.44. The van der Waals surface area contributed by atoms with Crippen molar-refractivity contribution in [3.63, 3.8) is 0 Å². The Morgan fingerprint density at radius 2 is 1.44 bits per heavy atom. The monoisotopic (exact) mass is 410 g/mol.